The van der Waals surface area contributed by atoms with Gasteiger partial charge in [-0.25, -0.2) is 14.5 Å². The van der Waals surface area contributed by atoms with E-state index in [1.165, 1.54) is 12.1 Å². The predicted octanol–water partition coefficient (Wildman–Crippen LogP) is 3.88. The molecule has 1 amide bonds. The average molecular weight is 384 g/mol. The maximum absolute atomic E-state index is 12.8. The van der Waals surface area contributed by atoms with Crippen molar-refractivity contribution < 1.29 is 14.7 Å². The molecule has 0 bridgehead atoms. The summed E-state index contributed by atoms with van der Waals surface area (Å²) in [5, 5.41) is 16.3. The molecule has 0 saturated carbocycles. The van der Waals surface area contributed by atoms with Crippen molar-refractivity contribution in [2.75, 3.05) is 5.32 Å². The molecule has 1 heterocycles. The highest BCUT2D eigenvalue weighted by Crippen LogP contribution is 2.22. The van der Waals surface area contributed by atoms with Crippen LogP contribution < -0.4 is 5.32 Å². The van der Waals surface area contributed by atoms with Crippen molar-refractivity contribution in [3.8, 4) is 17.1 Å². The van der Waals surface area contributed by atoms with Gasteiger partial charge in [0.15, 0.2) is 5.82 Å². The van der Waals surface area contributed by atoms with Crippen molar-refractivity contribution in [2.45, 2.75) is 0 Å². The summed E-state index contributed by atoms with van der Waals surface area (Å²) in [6.45, 7) is 0. The van der Waals surface area contributed by atoms with E-state index < -0.39 is 11.9 Å². The molecule has 142 valence electrons. The first kappa shape index (κ1) is 18.1. The van der Waals surface area contributed by atoms with E-state index in [4.69, 9.17) is 0 Å². The van der Waals surface area contributed by atoms with Crippen molar-refractivity contribution in [3.05, 3.63) is 96.3 Å². The van der Waals surface area contributed by atoms with Crippen LogP contribution in [-0.2, 0) is 0 Å². The molecule has 0 radical (unpaired) electrons. The second kappa shape index (κ2) is 7.77. The number of anilines is 1. The fourth-order valence-corrected chi connectivity index (χ4v) is 2.89. The fourth-order valence-electron chi connectivity index (χ4n) is 2.89. The van der Waals surface area contributed by atoms with E-state index in [1.54, 1.807) is 16.8 Å². The van der Waals surface area contributed by atoms with Gasteiger partial charge in [-0.2, -0.15) is 0 Å². The lowest BCUT2D eigenvalue weighted by atomic mass is 10.2. The normalized spacial score (nSPS) is 10.5. The number of aromatic nitrogens is 3. The largest absolute Gasteiger partial charge is 0.478 e. The predicted molar refractivity (Wildman–Crippen MR) is 108 cm³/mol. The molecule has 1 aromatic heterocycles. The van der Waals surface area contributed by atoms with Crippen molar-refractivity contribution in [1.29, 1.82) is 0 Å². The number of rotatable bonds is 5. The average Bonchev–Trinajstić information content (AvgIpc) is 3.21. The number of hydrogen-bond donors (Lipinski definition) is 2. The van der Waals surface area contributed by atoms with E-state index in [2.05, 4.69) is 15.4 Å². The summed E-state index contributed by atoms with van der Waals surface area (Å²) in [4.78, 5) is 28.6. The Labute approximate surface area is 166 Å². The Hall–Kier alpha value is -4.26. The highest BCUT2D eigenvalue weighted by molar-refractivity contribution is 6.06. The van der Waals surface area contributed by atoms with Crippen LogP contribution in [0.1, 0.15) is 21.0 Å². The van der Waals surface area contributed by atoms with Crippen molar-refractivity contribution >= 4 is 17.6 Å². The summed E-state index contributed by atoms with van der Waals surface area (Å²) in [5.74, 6) is -1.28. The van der Waals surface area contributed by atoms with Crippen LogP contribution in [0.2, 0.25) is 0 Å². The smallest absolute Gasteiger partial charge is 0.337 e. The molecule has 7 nitrogen and oxygen atoms in total. The molecule has 4 aromatic rings. The van der Waals surface area contributed by atoms with Gasteiger partial charge in [0.1, 0.15) is 0 Å². The number of benzene rings is 3. The maximum Gasteiger partial charge on any atom is 0.337 e. The third-order valence-electron chi connectivity index (χ3n) is 4.25. The van der Waals surface area contributed by atoms with E-state index in [-0.39, 0.29) is 17.1 Å². The van der Waals surface area contributed by atoms with Gasteiger partial charge in [0, 0.05) is 5.56 Å². The van der Waals surface area contributed by atoms with E-state index in [0.29, 0.717) is 5.82 Å². The zero-order chi connectivity index (χ0) is 20.2. The van der Waals surface area contributed by atoms with E-state index in [0.717, 1.165) is 11.3 Å². The summed E-state index contributed by atoms with van der Waals surface area (Å²) >= 11 is 0. The summed E-state index contributed by atoms with van der Waals surface area (Å²) < 4.78 is 1.59. The third kappa shape index (κ3) is 3.74. The maximum atomic E-state index is 12.8. The molecule has 0 aliphatic heterocycles. The number of hydrogen-bond acceptors (Lipinski definition) is 4. The number of para-hydroxylation sites is 2. The van der Waals surface area contributed by atoms with Gasteiger partial charge >= 0.3 is 5.97 Å². The van der Waals surface area contributed by atoms with E-state index in [9.17, 15) is 14.7 Å². The Morgan fingerprint density at radius 2 is 1.45 bits per heavy atom. The molecule has 0 atom stereocenters. The van der Waals surface area contributed by atoms with Crippen LogP contribution in [0.3, 0.4) is 0 Å². The van der Waals surface area contributed by atoms with Crippen LogP contribution in [-0.4, -0.2) is 31.7 Å². The SMILES string of the molecule is O=C(Nc1ccccc1C(=O)O)c1nc(-c2ccccc2)n(-c2ccccc2)n1. The minimum atomic E-state index is -1.13. The molecule has 3 aromatic carbocycles. The van der Waals surface area contributed by atoms with Crippen LogP contribution in [0, 0.1) is 0 Å². The van der Waals surface area contributed by atoms with Gasteiger partial charge in [-0.05, 0) is 24.3 Å². The zero-order valence-corrected chi connectivity index (χ0v) is 15.2. The lowest BCUT2D eigenvalue weighted by molar-refractivity contribution is 0.0698. The van der Waals surface area contributed by atoms with E-state index in [1.807, 2.05) is 60.7 Å². The van der Waals surface area contributed by atoms with Crippen LogP contribution >= 0.6 is 0 Å². The van der Waals surface area contributed by atoms with E-state index >= 15 is 0 Å². The molecule has 0 aliphatic carbocycles. The Balaban J connectivity index is 1.75. The molecule has 0 aliphatic rings. The van der Waals surface area contributed by atoms with Gasteiger partial charge in [0.25, 0.3) is 5.91 Å². The van der Waals surface area contributed by atoms with Gasteiger partial charge in [-0.1, -0.05) is 60.7 Å². The number of aromatic carboxylic acids is 1. The fraction of sp³-hybridized carbons (Fsp3) is 0. The van der Waals surface area contributed by atoms with Gasteiger partial charge in [0.2, 0.25) is 5.82 Å². The lowest BCUT2D eigenvalue weighted by Crippen LogP contribution is -2.16. The van der Waals surface area contributed by atoms with Gasteiger partial charge < -0.3 is 10.4 Å². The number of carbonyl (C=O) groups excluding carboxylic acids is 1. The molecular formula is C22H16N4O3. The number of nitrogens with zero attached hydrogens (tertiary/aromatic N) is 3. The van der Waals surface area contributed by atoms with Gasteiger partial charge in [-0.3, -0.25) is 4.79 Å². The number of carboxylic acid groups (broad SMARTS) is 1. The van der Waals surface area contributed by atoms with Crippen LogP contribution in [0.15, 0.2) is 84.9 Å². The van der Waals surface area contributed by atoms with Crippen molar-refractivity contribution in [2.24, 2.45) is 0 Å². The van der Waals surface area contributed by atoms with Crippen LogP contribution in [0.25, 0.3) is 17.1 Å². The Morgan fingerprint density at radius 3 is 2.14 bits per heavy atom. The molecular weight excluding hydrogens is 368 g/mol. The number of nitrogens with one attached hydrogen (secondary N) is 1. The Morgan fingerprint density at radius 1 is 0.828 bits per heavy atom. The second-order valence-corrected chi connectivity index (χ2v) is 6.18. The Kier molecular flexibility index (Phi) is 4.86. The number of amides is 1. The summed E-state index contributed by atoms with van der Waals surface area (Å²) in [7, 11) is 0. The molecule has 7 heteroatoms. The second-order valence-electron chi connectivity index (χ2n) is 6.18. The molecule has 0 saturated heterocycles. The number of carboxylic acids is 1. The highest BCUT2D eigenvalue weighted by atomic mass is 16.4. The Bertz CT molecular complexity index is 1110. The van der Waals surface area contributed by atoms with Crippen LogP contribution in [0.4, 0.5) is 5.69 Å². The van der Waals surface area contributed by atoms with Crippen LogP contribution in [0.5, 0.6) is 0 Å². The molecule has 4 rings (SSSR count). The topological polar surface area (TPSA) is 97.1 Å². The van der Waals surface area contributed by atoms with Crippen molar-refractivity contribution in [1.82, 2.24) is 14.8 Å². The highest BCUT2D eigenvalue weighted by Gasteiger charge is 2.20. The minimum Gasteiger partial charge on any atom is -0.478 e. The monoisotopic (exact) mass is 384 g/mol. The first-order valence-electron chi connectivity index (χ1n) is 8.85. The molecule has 0 fully saturated rings. The molecule has 0 unspecified atom stereocenters. The molecule has 2 N–H and O–H groups in total. The first-order chi connectivity index (χ1) is 14.1. The van der Waals surface area contributed by atoms with Gasteiger partial charge in [-0.15, -0.1) is 5.10 Å². The lowest BCUT2D eigenvalue weighted by Gasteiger charge is -2.06. The summed E-state index contributed by atoms with van der Waals surface area (Å²) in [6.07, 6.45) is 0. The third-order valence-corrected chi connectivity index (χ3v) is 4.25. The quantitative estimate of drug-likeness (QED) is 0.544. The van der Waals surface area contributed by atoms with Gasteiger partial charge in [0.05, 0.1) is 16.9 Å². The zero-order valence-electron chi connectivity index (χ0n) is 15.2. The standard InChI is InChI=1S/C22H16N4O3/c27-21(23-18-14-8-7-13-17(18)22(28)29)19-24-20(15-9-3-1-4-10-15)26(25-19)16-11-5-2-6-12-16/h1-14H,(H,23,27)(H,28,29). The van der Waals surface area contributed by atoms with Crippen molar-refractivity contribution in [3.63, 3.8) is 0 Å². The minimum absolute atomic E-state index is 0.00775. The summed E-state index contributed by atoms with van der Waals surface area (Å²) in [5.41, 5.74) is 1.73. The summed E-state index contributed by atoms with van der Waals surface area (Å²) in [6, 6.07) is 24.9. The molecule has 29 heavy (non-hydrogen) atoms. The first-order valence-corrected chi connectivity index (χ1v) is 8.85. The number of carbonyl (C=O) groups is 2. The molecule has 0 spiro atoms.